The van der Waals surface area contributed by atoms with Gasteiger partial charge in [-0.15, -0.1) is 11.3 Å². The topological polar surface area (TPSA) is 96.5 Å². The number of anilines is 3. The number of nitrogens with zero attached hydrogens (tertiary/aromatic N) is 7. The summed E-state index contributed by atoms with van der Waals surface area (Å²) in [7, 11) is 4.25. The van der Waals surface area contributed by atoms with Crippen molar-refractivity contribution in [2.45, 2.75) is 64.6 Å². The highest BCUT2D eigenvalue weighted by molar-refractivity contribution is 7.16. The summed E-state index contributed by atoms with van der Waals surface area (Å²) >= 11 is 1.62. The van der Waals surface area contributed by atoms with Gasteiger partial charge >= 0.3 is 0 Å². The molecule has 3 aromatic heterocycles. The zero-order valence-corrected chi connectivity index (χ0v) is 24.1. The van der Waals surface area contributed by atoms with Crippen molar-refractivity contribution in [1.82, 2.24) is 34.9 Å². The molecule has 2 atom stereocenters. The van der Waals surface area contributed by atoms with E-state index in [4.69, 9.17) is 9.97 Å². The summed E-state index contributed by atoms with van der Waals surface area (Å²) in [5.74, 6) is 2.50. The van der Waals surface area contributed by atoms with Gasteiger partial charge in [0.2, 0.25) is 11.9 Å². The number of rotatable bonds is 8. The number of aromatic nitrogens is 4. The van der Waals surface area contributed by atoms with Gasteiger partial charge in [0.15, 0.2) is 5.82 Å². The Morgan fingerprint density at radius 3 is 2.50 bits per heavy atom. The number of piperidine rings is 1. The van der Waals surface area contributed by atoms with Gasteiger partial charge in [0.25, 0.3) is 0 Å². The van der Waals surface area contributed by atoms with Gasteiger partial charge in [-0.05, 0) is 51.1 Å². The van der Waals surface area contributed by atoms with E-state index in [2.05, 4.69) is 74.5 Å². The number of piperazine rings is 1. The molecule has 0 spiro atoms. The fourth-order valence-corrected chi connectivity index (χ4v) is 6.60. The van der Waals surface area contributed by atoms with Crippen LogP contribution in [0, 0.1) is 6.92 Å². The van der Waals surface area contributed by atoms with E-state index in [1.807, 2.05) is 13.0 Å². The Kier molecular flexibility index (Phi) is 8.15. The van der Waals surface area contributed by atoms with E-state index >= 15 is 0 Å². The molecule has 2 fully saturated rings. The number of fused-ring (bicyclic) bond motifs is 1. The predicted molar refractivity (Wildman–Crippen MR) is 154 cm³/mol. The SMILES string of the molecule is CCC1CC(N(C)c2nc(Nc3cc(C)[nH]n3)c3ccsc3n2)CC(CC)N1C(=O)CN1CCN(C)CC1. The van der Waals surface area contributed by atoms with Crippen molar-refractivity contribution in [2.75, 3.05) is 57.0 Å². The first-order valence-corrected chi connectivity index (χ1v) is 14.7. The number of thiophene rings is 1. The molecule has 2 saturated heterocycles. The van der Waals surface area contributed by atoms with Crippen LogP contribution in [0.5, 0.6) is 0 Å². The first-order chi connectivity index (χ1) is 18.4. The molecule has 0 saturated carbocycles. The van der Waals surface area contributed by atoms with Crippen LogP contribution < -0.4 is 10.2 Å². The smallest absolute Gasteiger partial charge is 0.237 e. The average molecular weight is 540 g/mol. The van der Waals surface area contributed by atoms with E-state index in [0.29, 0.717) is 12.5 Å². The van der Waals surface area contributed by atoms with Crippen molar-refractivity contribution in [3.05, 3.63) is 23.2 Å². The number of hydrogen-bond donors (Lipinski definition) is 2. The van der Waals surface area contributed by atoms with E-state index in [-0.39, 0.29) is 24.0 Å². The molecule has 38 heavy (non-hydrogen) atoms. The number of nitrogens with one attached hydrogen (secondary N) is 2. The molecule has 0 aromatic carbocycles. The number of aromatic amines is 1. The fraction of sp³-hybridized carbons (Fsp3) is 0.630. The van der Waals surface area contributed by atoms with Gasteiger partial charge in [-0.3, -0.25) is 14.8 Å². The predicted octanol–water partition coefficient (Wildman–Crippen LogP) is 3.70. The van der Waals surface area contributed by atoms with Crippen LogP contribution in [0.15, 0.2) is 17.5 Å². The minimum absolute atomic E-state index is 0.219. The lowest BCUT2D eigenvalue weighted by molar-refractivity contribution is -0.140. The van der Waals surface area contributed by atoms with Crippen molar-refractivity contribution in [3.63, 3.8) is 0 Å². The number of amides is 1. The molecular formula is C27H41N9OS. The Balaban J connectivity index is 1.34. The van der Waals surface area contributed by atoms with Crippen LogP contribution in [0.3, 0.4) is 0 Å². The number of carbonyl (C=O) groups excluding carboxylic acids is 1. The van der Waals surface area contributed by atoms with Gasteiger partial charge in [-0.1, -0.05) is 13.8 Å². The van der Waals surface area contributed by atoms with Gasteiger partial charge in [-0.25, -0.2) is 4.98 Å². The lowest BCUT2D eigenvalue weighted by Crippen LogP contribution is -2.59. The van der Waals surface area contributed by atoms with Gasteiger partial charge in [0, 0.05) is 63.1 Å². The lowest BCUT2D eigenvalue weighted by Gasteiger charge is -2.48. The van der Waals surface area contributed by atoms with Crippen LogP contribution in [-0.4, -0.2) is 106 Å². The quantitative estimate of drug-likeness (QED) is 0.447. The number of likely N-dealkylation sites (tertiary alicyclic amines) is 1. The van der Waals surface area contributed by atoms with Crippen LogP contribution in [0.2, 0.25) is 0 Å². The molecule has 206 valence electrons. The second-order valence-corrected chi connectivity index (χ2v) is 11.7. The molecule has 0 bridgehead atoms. The molecule has 5 heterocycles. The normalized spacial score (nSPS) is 23.2. The maximum Gasteiger partial charge on any atom is 0.237 e. The Morgan fingerprint density at radius 1 is 1.16 bits per heavy atom. The maximum atomic E-state index is 13.6. The lowest BCUT2D eigenvalue weighted by atomic mass is 9.87. The molecule has 5 rings (SSSR count). The highest BCUT2D eigenvalue weighted by Gasteiger charge is 2.39. The summed E-state index contributed by atoms with van der Waals surface area (Å²) < 4.78 is 0. The third-order valence-corrected chi connectivity index (χ3v) is 9.00. The van der Waals surface area contributed by atoms with Crippen LogP contribution >= 0.6 is 11.3 Å². The molecular weight excluding hydrogens is 498 g/mol. The molecule has 1 amide bonds. The van der Waals surface area contributed by atoms with Gasteiger partial charge < -0.3 is 20.0 Å². The summed E-state index contributed by atoms with van der Waals surface area (Å²) in [6, 6.07) is 4.72. The van der Waals surface area contributed by atoms with Crippen molar-refractivity contribution in [2.24, 2.45) is 0 Å². The van der Waals surface area contributed by atoms with E-state index in [0.717, 1.165) is 79.4 Å². The third kappa shape index (κ3) is 5.64. The molecule has 10 nitrogen and oxygen atoms in total. The molecule has 2 aliphatic rings. The molecule has 2 unspecified atom stereocenters. The van der Waals surface area contributed by atoms with Crippen LogP contribution in [-0.2, 0) is 4.79 Å². The van der Waals surface area contributed by atoms with Crippen LogP contribution in [0.25, 0.3) is 10.2 Å². The van der Waals surface area contributed by atoms with E-state index in [1.165, 1.54) is 0 Å². The van der Waals surface area contributed by atoms with E-state index < -0.39 is 0 Å². The summed E-state index contributed by atoms with van der Waals surface area (Å²) in [5, 5.41) is 13.7. The Bertz CT molecular complexity index is 1220. The van der Waals surface area contributed by atoms with Crippen LogP contribution in [0.4, 0.5) is 17.6 Å². The van der Waals surface area contributed by atoms with Crippen molar-refractivity contribution < 1.29 is 4.79 Å². The monoisotopic (exact) mass is 539 g/mol. The Labute approximate surface area is 229 Å². The van der Waals surface area contributed by atoms with Crippen molar-refractivity contribution in [1.29, 1.82) is 0 Å². The standard InChI is InChI=1S/C27H41N9OS/c1-6-19-15-21(16-20(7-2)36(19)24(37)17-35-11-9-33(4)10-12-35)34(5)27-29-25(22-8-13-38-26(22)30-27)28-23-14-18(3)31-32-23/h8,13-14,19-21H,6-7,9-12,15-17H2,1-5H3,(H2,28,29,30,31,32). The molecule has 0 aliphatic carbocycles. The molecule has 0 radical (unpaired) electrons. The summed E-state index contributed by atoms with van der Waals surface area (Å²) in [4.78, 5) is 33.5. The maximum absolute atomic E-state index is 13.6. The highest BCUT2D eigenvalue weighted by atomic mass is 32.1. The third-order valence-electron chi connectivity index (χ3n) is 8.19. The largest absolute Gasteiger partial charge is 0.341 e. The van der Waals surface area contributed by atoms with Crippen molar-refractivity contribution in [3.8, 4) is 0 Å². The summed E-state index contributed by atoms with van der Waals surface area (Å²) in [6.07, 6.45) is 3.74. The fourth-order valence-electron chi connectivity index (χ4n) is 5.84. The Hall–Kier alpha value is -2.76. The zero-order chi connectivity index (χ0) is 26.8. The number of H-pyrrole nitrogens is 1. The second-order valence-electron chi connectivity index (χ2n) is 10.8. The van der Waals surface area contributed by atoms with Gasteiger partial charge in [0.1, 0.15) is 10.6 Å². The number of carbonyl (C=O) groups is 1. The van der Waals surface area contributed by atoms with Crippen molar-refractivity contribution >= 4 is 45.0 Å². The van der Waals surface area contributed by atoms with Gasteiger partial charge in [-0.2, -0.15) is 10.1 Å². The Morgan fingerprint density at radius 2 is 1.87 bits per heavy atom. The number of likely N-dealkylation sites (N-methyl/N-ethyl adjacent to an activating group) is 1. The number of hydrogen-bond acceptors (Lipinski definition) is 9. The molecule has 3 aromatic rings. The molecule has 2 N–H and O–H groups in total. The molecule has 11 heteroatoms. The molecule has 2 aliphatic heterocycles. The first kappa shape index (κ1) is 26.8. The zero-order valence-electron chi connectivity index (χ0n) is 23.3. The minimum atomic E-state index is 0.219. The second kappa shape index (κ2) is 11.5. The summed E-state index contributed by atoms with van der Waals surface area (Å²) in [6.45, 7) is 10.9. The first-order valence-electron chi connectivity index (χ1n) is 13.8. The van der Waals surface area contributed by atoms with Gasteiger partial charge in [0.05, 0.1) is 11.9 Å². The summed E-state index contributed by atoms with van der Waals surface area (Å²) in [5.41, 5.74) is 0.991. The van der Waals surface area contributed by atoms with E-state index in [9.17, 15) is 4.79 Å². The van der Waals surface area contributed by atoms with Crippen LogP contribution in [0.1, 0.15) is 45.2 Å². The van der Waals surface area contributed by atoms with E-state index in [1.54, 1.807) is 11.3 Å². The number of aryl methyl sites for hydroxylation is 1. The minimum Gasteiger partial charge on any atom is -0.341 e. The average Bonchev–Trinajstić information content (AvgIpc) is 3.57. The highest BCUT2D eigenvalue weighted by Crippen LogP contribution is 2.34.